The number of ether oxygens (including phenoxy) is 4. The SMILES string of the molecule is Cc1cn([C@@H]2O[C@H](CO)[C@@H](OP(=O)(O)OC[C@H]3O[C@@H](c4cn(CCC#N)c(=O)[nH]c4=O)[C@H](O)[C@@H]3OP(=O)(O)OC[C@H]3O[C@@H](n4ccc(N)nc4=O)[C@H](O)[C@@H]3OP(=O)(O)OC[C@H]3O[C@@H](n4cnc5c(=O)[nH]c(N)nc54)[C@H](O)[C@@H]3OP(=O)(O)O)[C@H]2O)c(=O)[nH]c1=O. The highest BCUT2D eigenvalue weighted by atomic mass is 31.2. The number of phosphoric ester groups is 4. The van der Waals surface area contributed by atoms with Crippen molar-refractivity contribution in [1.82, 2.24) is 48.2 Å². The minimum atomic E-state index is -5.89. The van der Waals surface area contributed by atoms with Crippen LogP contribution in [0.3, 0.4) is 0 Å². The molecule has 0 saturated carbocycles. The molecule has 0 spiro atoms. The highest BCUT2D eigenvalue weighted by Gasteiger charge is 2.55. The first-order valence-electron chi connectivity index (χ1n) is 25.4. The Hall–Kier alpha value is -6.24. The number of nitrogen functional groups attached to an aromatic ring is 2. The third kappa shape index (κ3) is 14.8. The molecule has 9 heterocycles. The molecule has 3 unspecified atom stereocenters. The fraction of sp³-hybridized carbons (Fsp3) is 0.561. The molecule has 0 radical (unpaired) electrons. The van der Waals surface area contributed by atoms with Crippen molar-refractivity contribution in [3.05, 3.63) is 105 Å². The van der Waals surface area contributed by atoms with Gasteiger partial charge >= 0.3 is 48.4 Å². The number of anilines is 2. The highest BCUT2D eigenvalue weighted by molar-refractivity contribution is 7.48. The molecular weight excluding hydrogens is 1290 g/mol. The number of rotatable bonds is 24. The number of aliphatic hydroxyl groups excluding tert-OH is 5. The van der Waals surface area contributed by atoms with E-state index in [4.69, 9.17) is 67.3 Å². The number of nitrogens with zero attached hydrogens (tertiary/aromatic N) is 8. The zero-order chi connectivity index (χ0) is 65.0. The molecule has 5 aromatic rings. The molecule has 4 saturated heterocycles. The number of aryl methyl sites for hydroxylation is 2. The third-order valence-electron chi connectivity index (χ3n) is 13.8. The van der Waals surface area contributed by atoms with E-state index in [0.717, 1.165) is 40.1 Å². The third-order valence-corrected chi connectivity index (χ3v) is 17.2. The quantitative estimate of drug-likeness (QED) is 0.0255. The predicted octanol–water partition coefficient (Wildman–Crippen LogP) is -6.58. The first-order valence-corrected chi connectivity index (χ1v) is 31.5. The molecule has 0 bridgehead atoms. The Balaban J connectivity index is 0.947. The van der Waals surface area contributed by atoms with Crippen molar-refractivity contribution in [1.29, 1.82) is 5.26 Å². The van der Waals surface area contributed by atoms with Crippen LogP contribution < -0.4 is 45.2 Å². The van der Waals surface area contributed by atoms with Crippen LogP contribution in [-0.4, -0.2) is 198 Å². The van der Waals surface area contributed by atoms with E-state index >= 15 is 0 Å². The van der Waals surface area contributed by atoms with Crippen LogP contribution in [0.25, 0.3) is 11.2 Å². The maximum atomic E-state index is 14.1. The summed E-state index contributed by atoms with van der Waals surface area (Å²) in [4.78, 5) is 146. The van der Waals surface area contributed by atoms with Crippen molar-refractivity contribution in [2.24, 2.45) is 0 Å². The topological polar surface area (TPSA) is 656 Å². The lowest BCUT2D eigenvalue weighted by Gasteiger charge is -2.27. The number of H-pyrrole nitrogens is 3. The van der Waals surface area contributed by atoms with Gasteiger partial charge in [0.25, 0.3) is 16.7 Å². The highest BCUT2D eigenvalue weighted by Crippen LogP contribution is 2.54. The Kier molecular flexibility index (Phi) is 19.7. The summed E-state index contributed by atoms with van der Waals surface area (Å²) in [6.07, 6.45) is -29.7. The summed E-state index contributed by atoms with van der Waals surface area (Å²) in [7, 11) is -22.9. The summed E-state index contributed by atoms with van der Waals surface area (Å²) < 4.78 is 115. The lowest BCUT2D eigenvalue weighted by atomic mass is 10.0. The molecule has 488 valence electrons. The fourth-order valence-corrected chi connectivity index (χ4v) is 13.2. The lowest BCUT2D eigenvalue weighted by Crippen LogP contribution is -2.39. The number of aromatic nitrogens is 10. The molecule has 17 N–H and O–H groups in total. The van der Waals surface area contributed by atoms with Gasteiger partial charge in [-0.15, -0.1) is 0 Å². The van der Waals surface area contributed by atoms with Crippen LogP contribution in [0.4, 0.5) is 11.8 Å². The van der Waals surface area contributed by atoms with Gasteiger partial charge in [0.05, 0.1) is 50.8 Å². The van der Waals surface area contributed by atoms with E-state index in [1.165, 1.54) is 6.92 Å². The monoisotopic (exact) mass is 1350 g/mol. The summed E-state index contributed by atoms with van der Waals surface area (Å²) in [5.74, 6) is -0.782. The van der Waals surface area contributed by atoms with Gasteiger partial charge in [0.2, 0.25) is 5.95 Å². The van der Waals surface area contributed by atoms with Crippen LogP contribution >= 0.6 is 31.3 Å². The summed E-state index contributed by atoms with van der Waals surface area (Å²) in [5, 5.41) is 64.9. The smallest absolute Gasteiger partial charge is 0.394 e. The Morgan fingerprint density at radius 3 is 1.70 bits per heavy atom. The molecule has 19 atom stereocenters. The fourth-order valence-electron chi connectivity index (χ4n) is 9.72. The number of imidazole rings is 1. The first-order chi connectivity index (χ1) is 41.7. The maximum Gasteiger partial charge on any atom is 0.472 e. The molecule has 9 rings (SSSR count). The number of hydrogen-bond acceptors (Lipinski definition) is 32. The summed E-state index contributed by atoms with van der Waals surface area (Å²) >= 11 is 0. The van der Waals surface area contributed by atoms with E-state index in [9.17, 15) is 97.0 Å². The van der Waals surface area contributed by atoms with Crippen molar-refractivity contribution in [3.8, 4) is 6.07 Å². The molecule has 44 nitrogen and oxygen atoms in total. The average Bonchev–Trinajstić information content (AvgIpc) is 1.70. The number of aromatic amines is 3. The summed E-state index contributed by atoms with van der Waals surface area (Å²) in [5.41, 5.74) is 3.66. The van der Waals surface area contributed by atoms with Crippen molar-refractivity contribution in [3.63, 3.8) is 0 Å². The van der Waals surface area contributed by atoms with E-state index in [1.54, 1.807) is 6.07 Å². The molecule has 5 aromatic heterocycles. The number of aliphatic hydroxyl groups is 5. The number of nitrogens with one attached hydrogen (secondary N) is 3. The number of nitrogens with two attached hydrogens (primary N) is 2. The van der Waals surface area contributed by atoms with Gasteiger partial charge in [-0.05, 0) is 13.0 Å². The summed E-state index contributed by atoms with van der Waals surface area (Å²) in [6, 6.07) is 2.81. The van der Waals surface area contributed by atoms with E-state index in [1.807, 2.05) is 9.97 Å². The van der Waals surface area contributed by atoms with Crippen molar-refractivity contribution in [2.45, 2.75) is 118 Å². The van der Waals surface area contributed by atoms with Crippen molar-refractivity contribution >= 4 is 54.2 Å². The second kappa shape index (κ2) is 26.2. The Morgan fingerprint density at radius 2 is 1.15 bits per heavy atom. The van der Waals surface area contributed by atoms with Gasteiger partial charge in [-0.3, -0.25) is 79.3 Å². The predicted molar refractivity (Wildman–Crippen MR) is 282 cm³/mol. The van der Waals surface area contributed by atoms with Gasteiger partial charge in [0.15, 0.2) is 29.8 Å². The minimum absolute atomic E-state index is 0.0465. The van der Waals surface area contributed by atoms with Gasteiger partial charge in [-0.25, -0.2) is 37.6 Å². The van der Waals surface area contributed by atoms with Crippen LogP contribution in [-0.2, 0) is 75.4 Å². The van der Waals surface area contributed by atoms with E-state index in [2.05, 4.69) is 19.9 Å². The van der Waals surface area contributed by atoms with Gasteiger partial charge in [-0.1, -0.05) is 0 Å². The van der Waals surface area contributed by atoms with Crippen molar-refractivity contribution in [2.75, 3.05) is 37.9 Å². The van der Waals surface area contributed by atoms with Gasteiger partial charge < -0.3 is 80.4 Å². The zero-order valence-electron chi connectivity index (χ0n) is 44.9. The minimum Gasteiger partial charge on any atom is -0.394 e. The maximum absolute atomic E-state index is 14.1. The second-order valence-corrected chi connectivity index (χ2v) is 25.2. The van der Waals surface area contributed by atoms with Crippen LogP contribution in [0.5, 0.6) is 0 Å². The van der Waals surface area contributed by atoms with Gasteiger partial charge in [0, 0.05) is 30.7 Å². The molecule has 4 aliphatic rings. The molecule has 89 heavy (non-hydrogen) atoms. The van der Waals surface area contributed by atoms with E-state index in [-0.39, 0.29) is 35.5 Å². The zero-order valence-corrected chi connectivity index (χ0v) is 48.5. The average molecular weight is 1350 g/mol. The van der Waals surface area contributed by atoms with Crippen LogP contribution in [0.1, 0.15) is 42.3 Å². The number of phosphoric acid groups is 4. The molecule has 0 amide bonds. The normalized spacial score (nSPS) is 30.9. The second-order valence-electron chi connectivity index (χ2n) is 19.7. The number of nitriles is 1. The Bertz CT molecular complexity index is 4090. The van der Waals surface area contributed by atoms with E-state index < -0.39 is 201 Å². The molecule has 4 fully saturated rings. The number of hydrogen-bond donors (Lipinski definition) is 15. The molecule has 4 aliphatic heterocycles. The lowest BCUT2D eigenvalue weighted by molar-refractivity contribution is -0.0633. The summed E-state index contributed by atoms with van der Waals surface area (Å²) in [6.45, 7) is -4.11. The molecule has 48 heteroatoms. The first kappa shape index (κ1) is 67.2. The van der Waals surface area contributed by atoms with E-state index in [0.29, 0.717) is 9.13 Å². The Morgan fingerprint density at radius 1 is 0.640 bits per heavy atom. The molecule has 0 aromatic carbocycles. The van der Waals surface area contributed by atoms with Gasteiger partial charge in [-0.2, -0.15) is 15.2 Å². The van der Waals surface area contributed by atoms with Gasteiger partial charge in [0.1, 0.15) is 85.2 Å². The Labute approximate surface area is 491 Å². The standard InChI is InChI=1S/C41H53N13O31P4/c1-14-7-53(41(65)49-32(14)60)36-23(57)27(16(9-55)79-36)83-87(69,70)75-10-17-28(22(56)26(78-17)15-8-51(5-2-4-42)39(63)50-33(15)61)84-88(71,72)77-12-19-30(25(59)35(80-19)52-6-3-20(43)46-40(52)64)85-89(73,74)76-11-18-29(82-86(66,67)68)24(58)37(81-18)54-13-45-21-31(54)47-38(44)48-34(21)62/h3,6-8,13,16-19,22-30,35-37,55-59H,2,5,9-12H2,1H3,(H,69,70)(H,71,72)(H,73,74)(H2,43,46,64)(H,49,60,65)(H,50,61,63)(H2,66,67,68)(H3,44,47,48,62)/t16-,17-,18-,19-,22+,23-,24-,25-,26+,27-,28-,29-,30-,35-,36-,37-/m1/s1. The van der Waals surface area contributed by atoms with Crippen LogP contribution in [0, 0.1) is 18.3 Å². The molecule has 0 aliphatic carbocycles. The van der Waals surface area contributed by atoms with Crippen LogP contribution in [0.15, 0.2) is 59.8 Å². The number of fused-ring (bicyclic) bond motifs is 1. The van der Waals surface area contributed by atoms with Crippen molar-refractivity contribution < 1.29 is 119 Å². The van der Waals surface area contributed by atoms with Crippen LogP contribution in [0.2, 0.25) is 0 Å². The largest absolute Gasteiger partial charge is 0.472 e. The molecular formula is C41H53N13O31P4.